The average molecular weight is 407 g/mol. The van der Waals surface area contributed by atoms with Gasteiger partial charge in [0, 0.05) is 51.5 Å². The number of ether oxygens (including phenoxy) is 1. The molecule has 5 rings (SSSR count). The van der Waals surface area contributed by atoms with Gasteiger partial charge in [0.1, 0.15) is 5.82 Å². The SMILES string of the molecule is O=C(c1ccc(N2CCN(C3CCc4ccccc4C3)CC2)nc1)N1CCOCC1. The third-order valence-corrected chi connectivity index (χ3v) is 6.77. The van der Waals surface area contributed by atoms with Crippen LogP contribution in [0.2, 0.25) is 0 Å². The summed E-state index contributed by atoms with van der Waals surface area (Å²) in [5, 5.41) is 0. The number of piperazine rings is 1. The molecule has 2 saturated heterocycles. The highest BCUT2D eigenvalue weighted by Crippen LogP contribution is 2.26. The molecule has 3 aliphatic rings. The smallest absolute Gasteiger partial charge is 0.255 e. The number of carbonyl (C=O) groups excluding carboxylic acids is 1. The lowest BCUT2D eigenvalue weighted by Gasteiger charge is -2.41. The molecular formula is C24H30N4O2. The monoisotopic (exact) mass is 406 g/mol. The average Bonchev–Trinajstić information content (AvgIpc) is 2.84. The first-order chi connectivity index (χ1) is 14.8. The van der Waals surface area contributed by atoms with E-state index in [1.165, 1.54) is 30.4 Å². The molecule has 6 nitrogen and oxygen atoms in total. The van der Waals surface area contributed by atoms with Crippen molar-refractivity contribution in [2.45, 2.75) is 25.3 Å². The topological polar surface area (TPSA) is 48.9 Å². The first-order valence-electron chi connectivity index (χ1n) is 11.2. The van der Waals surface area contributed by atoms with Gasteiger partial charge < -0.3 is 14.5 Å². The number of morpholine rings is 1. The molecule has 1 aromatic carbocycles. The van der Waals surface area contributed by atoms with Crippen LogP contribution in [0.4, 0.5) is 5.82 Å². The van der Waals surface area contributed by atoms with Crippen molar-refractivity contribution in [2.75, 3.05) is 57.4 Å². The number of rotatable bonds is 3. The van der Waals surface area contributed by atoms with Crippen molar-refractivity contribution >= 4 is 11.7 Å². The third-order valence-electron chi connectivity index (χ3n) is 6.77. The fourth-order valence-corrected chi connectivity index (χ4v) is 4.96. The number of aryl methyl sites for hydroxylation is 1. The molecule has 2 aliphatic heterocycles. The summed E-state index contributed by atoms with van der Waals surface area (Å²) in [5.41, 5.74) is 3.72. The van der Waals surface area contributed by atoms with E-state index in [-0.39, 0.29) is 5.91 Å². The van der Waals surface area contributed by atoms with Crippen molar-refractivity contribution in [3.8, 4) is 0 Å². The molecule has 1 aromatic heterocycles. The standard InChI is InChI=1S/C24H30N4O2/c29-24(28-13-15-30-16-14-28)21-6-8-23(25-18-21)27-11-9-26(10-12-27)22-7-5-19-3-1-2-4-20(19)17-22/h1-4,6,8,18,22H,5,7,9-17H2. The van der Waals surface area contributed by atoms with Gasteiger partial charge in [0.25, 0.3) is 5.91 Å². The van der Waals surface area contributed by atoms with Gasteiger partial charge in [-0.3, -0.25) is 9.69 Å². The van der Waals surface area contributed by atoms with E-state index in [0.717, 1.165) is 32.0 Å². The first-order valence-corrected chi connectivity index (χ1v) is 11.2. The van der Waals surface area contributed by atoms with E-state index in [9.17, 15) is 4.79 Å². The highest BCUT2D eigenvalue weighted by atomic mass is 16.5. The van der Waals surface area contributed by atoms with Crippen LogP contribution < -0.4 is 4.90 Å². The number of fused-ring (bicyclic) bond motifs is 1. The summed E-state index contributed by atoms with van der Waals surface area (Å²) in [5.74, 6) is 1.03. The van der Waals surface area contributed by atoms with Crippen molar-refractivity contribution in [3.05, 3.63) is 59.3 Å². The molecule has 158 valence electrons. The van der Waals surface area contributed by atoms with Gasteiger partial charge in [-0.15, -0.1) is 0 Å². The van der Waals surface area contributed by atoms with Crippen molar-refractivity contribution < 1.29 is 9.53 Å². The van der Waals surface area contributed by atoms with E-state index in [0.29, 0.717) is 37.9 Å². The van der Waals surface area contributed by atoms with Crippen LogP contribution in [0, 0.1) is 0 Å². The van der Waals surface area contributed by atoms with E-state index >= 15 is 0 Å². The van der Waals surface area contributed by atoms with Gasteiger partial charge in [-0.1, -0.05) is 24.3 Å². The lowest BCUT2D eigenvalue weighted by atomic mass is 9.87. The Kier molecular flexibility index (Phi) is 5.69. The van der Waals surface area contributed by atoms with Crippen LogP contribution in [0.15, 0.2) is 42.6 Å². The van der Waals surface area contributed by atoms with Crippen LogP contribution in [0.5, 0.6) is 0 Å². The molecule has 2 aromatic rings. The molecule has 1 atom stereocenters. The molecule has 0 saturated carbocycles. The van der Waals surface area contributed by atoms with Crippen molar-refractivity contribution in [3.63, 3.8) is 0 Å². The number of pyridine rings is 1. The predicted octanol–water partition coefficient (Wildman–Crippen LogP) is 2.23. The second-order valence-electron chi connectivity index (χ2n) is 8.50. The zero-order valence-electron chi connectivity index (χ0n) is 17.5. The highest BCUT2D eigenvalue weighted by molar-refractivity contribution is 5.94. The summed E-state index contributed by atoms with van der Waals surface area (Å²) >= 11 is 0. The van der Waals surface area contributed by atoms with Gasteiger partial charge in [0.15, 0.2) is 0 Å². The molecule has 1 unspecified atom stereocenters. The molecule has 1 amide bonds. The second-order valence-corrected chi connectivity index (χ2v) is 8.50. The number of anilines is 1. The van der Waals surface area contributed by atoms with E-state index in [2.05, 4.69) is 39.0 Å². The van der Waals surface area contributed by atoms with Gasteiger partial charge in [0.05, 0.1) is 18.8 Å². The maximum Gasteiger partial charge on any atom is 0.255 e. The summed E-state index contributed by atoms with van der Waals surface area (Å²) in [4.78, 5) is 24.1. The summed E-state index contributed by atoms with van der Waals surface area (Å²) in [6.45, 7) is 6.68. The van der Waals surface area contributed by atoms with Crippen LogP contribution >= 0.6 is 0 Å². The quantitative estimate of drug-likeness (QED) is 0.783. The fourth-order valence-electron chi connectivity index (χ4n) is 4.96. The maximum absolute atomic E-state index is 12.6. The molecule has 6 heteroatoms. The van der Waals surface area contributed by atoms with Crippen LogP contribution in [-0.4, -0.2) is 79.2 Å². The molecule has 2 fully saturated rings. The normalized spacial score (nSPS) is 22.6. The molecule has 0 radical (unpaired) electrons. The minimum Gasteiger partial charge on any atom is -0.378 e. The van der Waals surface area contributed by atoms with Gasteiger partial charge >= 0.3 is 0 Å². The van der Waals surface area contributed by atoms with Crippen molar-refractivity contribution in [1.29, 1.82) is 0 Å². The molecular weight excluding hydrogens is 376 g/mol. The molecule has 0 spiro atoms. The van der Waals surface area contributed by atoms with Crippen LogP contribution in [0.25, 0.3) is 0 Å². The second kappa shape index (κ2) is 8.74. The van der Waals surface area contributed by atoms with Crippen LogP contribution in [-0.2, 0) is 17.6 Å². The van der Waals surface area contributed by atoms with E-state index in [4.69, 9.17) is 4.74 Å². The predicted molar refractivity (Wildman–Crippen MR) is 117 cm³/mol. The Morgan fingerprint density at radius 1 is 0.933 bits per heavy atom. The minimum absolute atomic E-state index is 0.0553. The Balaban J connectivity index is 1.16. The number of hydrogen-bond acceptors (Lipinski definition) is 5. The van der Waals surface area contributed by atoms with E-state index in [1.807, 2.05) is 17.0 Å². The summed E-state index contributed by atoms with van der Waals surface area (Å²) in [7, 11) is 0. The third kappa shape index (κ3) is 4.07. The number of amides is 1. The number of carbonyl (C=O) groups is 1. The molecule has 0 N–H and O–H groups in total. The van der Waals surface area contributed by atoms with Gasteiger partial charge in [-0.25, -0.2) is 4.98 Å². The lowest BCUT2D eigenvalue weighted by molar-refractivity contribution is 0.0302. The molecule has 3 heterocycles. The van der Waals surface area contributed by atoms with Gasteiger partial charge in [-0.05, 0) is 42.5 Å². The number of hydrogen-bond donors (Lipinski definition) is 0. The lowest BCUT2D eigenvalue weighted by Crippen LogP contribution is -2.52. The largest absolute Gasteiger partial charge is 0.378 e. The van der Waals surface area contributed by atoms with Crippen LogP contribution in [0.1, 0.15) is 27.9 Å². The van der Waals surface area contributed by atoms with Crippen LogP contribution in [0.3, 0.4) is 0 Å². The molecule has 30 heavy (non-hydrogen) atoms. The van der Waals surface area contributed by atoms with Crippen molar-refractivity contribution in [2.24, 2.45) is 0 Å². The Bertz CT molecular complexity index is 871. The summed E-state index contributed by atoms with van der Waals surface area (Å²) in [6.07, 6.45) is 5.36. The number of nitrogens with zero attached hydrogens (tertiary/aromatic N) is 4. The Morgan fingerprint density at radius 3 is 2.43 bits per heavy atom. The van der Waals surface area contributed by atoms with Gasteiger partial charge in [0.2, 0.25) is 0 Å². The van der Waals surface area contributed by atoms with E-state index in [1.54, 1.807) is 6.20 Å². The van der Waals surface area contributed by atoms with Gasteiger partial charge in [-0.2, -0.15) is 0 Å². The zero-order chi connectivity index (χ0) is 20.3. The number of benzene rings is 1. The Hall–Kier alpha value is -2.44. The Morgan fingerprint density at radius 2 is 1.70 bits per heavy atom. The first kappa shape index (κ1) is 19.5. The Labute approximate surface area is 178 Å². The maximum atomic E-state index is 12.6. The summed E-state index contributed by atoms with van der Waals surface area (Å²) < 4.78 is 5.33. The van der Waals surface area contributed by atoms with E-state index < -0.39 is 0 Å². The minimum atomic E-state index is 0.0553. The zero-order valence-corrected chi connectivity index (χ0v) is 17.5. The summed E-state index contributed by atoms with van der Waals surface area (Å²) in [6, 6.07) is 13.5. The fraction of sp³-hybridized carbons (Fsp3) is 0.500. The van der Waals surface area contributed by atoms with Crippen molar-refractivity contribution in [1.82, 2.24) is 14.8 Å². The highest BCUT2D eigenvalue weighted by Gasteiger charge is 2.27. The number of aromatic nitrogens is 1. The molecule has 1 aliphatic carbocycles. The molecule has 0 bridgehead atoms.